The zero-order chi connectivity index (χ0) is 35.2. The molecular formula is C21H43N7O17P3+. The van der Waals surface area contributed by atoms with E-state index >= 15 is 0 Å². The van der Waals surface area contributed by atoms with Crippen LogP contribution in [-0.2, 0) is 45.8 Å². The first-order valence-electron chi connectivity index (χ1n) is 15.0. The van der Waals surface area contributed by atoms with Crippen LogP contribution in [0.4, 0.5) is 0 Å². The summed E-state index contributed by atoms with van der Waals surface area (Å²) in [5.41, 5.74) is 11.5. The highest BCUT2D eigenvalue weighted by Crippen LogP contribution is 2.60. The van der Waals surface area contributed by atoms with Crippen LogP contribution in [0.15, 0.2) is 0 Å². The molecule has 15 unspecified atom stereocenters. The molecule has 5 aliphatic rings. The number of hydrogen-bond acceptors (Lipinski definition) is 18. The molecule has 27 heteroatoms. The molecule has 0 spiro atoms. The summed E-state index contributed by atoms with van der Waals surface area (Å²) < 4.78 is 66.9. The normalized spacial score (nSPS) is 43.5. The number of quaternary nitrogens is 1. The number of aliphatic hydroxyl groups is 3. The zero-order valence-electron chi connectivity index (χ0n) is 25.2. The number of aliphatic hydroxyl groups excluding tert-OH is 3. The second-order valence-electron chi connectivity index (χ2n) is 12.1. The highest BCUT2D eigenvalue weighted by molar-refractivity contribution is 7.61. The molecule has 15 atom stereocenters. The van der Waals surface area contributed by atoms with Gasteiger partial charge in [-0.25, -0.2) is 18.6 Å². The zero-order valence-corrected chi connectivity index (χ0v) is 27.9. The van der Waals surface area contributed by atoms with Gasteiger partial charge < -0.3 is 60.7 Å². The second-order valence-corrected chi connectivity index (χ2v) is 16.4. The molecule has 0 aromatic heterocycles. The monoisotopic (exact) mass is 758 g/mol. The minimum Gasteiger partial charge on any atom is -0.387 e. The number of carbonyl (C=O) groups is 1. The van der Waals surface area contributed by atoms with Gasteiger partial charge in [0, 0.05) is 6.67 Å². The minimum atomic E-state index is -5.46. The average Bonchev–Trinajstić information content (AvgIpc) is 3.64. The van der Waals surface area contributed by atoms with Crippen molar-refractivity contribution in [2.75, 3.05) is 39.6 Å². The number of ether oxygens (including phenoxy) is 2. The molecule has 15 N–H and O–H groups in total. The van der Waals surface area contributed by atoms with Crippen LogP contribution in [-0.4, -0.2) is 153 Å². The summed E-state index contributed by atoms with van der Waals surface area (Å²) >= 11 is 0. The summed E-state index contributed by atoms with van der Waals surface area (Å²) in [6.07, 6.45) is -11.8. The number of likely N-dealkylation sites (tertiary alicyclic amines) is 1. The van der Waals surface area contributed by atoms with E-state index in [4.69, 9.17) is 34.5 Å². The van der Waals surface area contributed by atoms with E-state index in [9.17, 15) is 53.4 Å². The van der Waals surface area contributed by atoms with E-state index in [0.29, 0.717) is 24.3 Å². The Morgan fingerprint density at radius 1 is 0.938 bits per heavy atom. The average molecular weight is 759 g/mol. The molecule has 0 saturated carbocycles. The van der Waals surface area contributed by atoms with Gasteiger partial charge in [0.25, 0.3) is 0 Å². The maximum atomic E-state index is 12.6. The van der Waals surface area contributed by atoms with Crippen LogP contribution in [0.5, 0.6) is 0 Å². The maximum Gasteiger partial charge on any atom is 0.481 e. The van der Waals surface area contributed by atoms with Gasteiger partial charge in [0.1, 0.15) is 36.7 Å². The Labute approximate surface area is 273 Å². The maximum absolute atomic E-state index is 12.6. The standard InChI is InChI=1S/C21H42N7O17P3/c22-17-12-19(25-7-24-17)28(8-26-12)21-16(44-46(33,34)35)14(30)11(43-21)6-41-48(38,39)45-47(36,37)40-5-10-13(29)15(31)20(42-10)27-3-1-2-9(4-27)18(23)32/h9-17,19-21,24-26,29-31H,1-8,22H2,(H2,23,32)(H,36,37)(H,38,39)(H2,33,34,35)/p+1. The lowest BCUT2D eigenvalue weighted by atomic mass is 9.96. The molecule has 0 radical (unpaired) electrons. The summed E-state index contributed by atoms with van der Waals surface area (Å²) in [5, 5.41) is 40.9. The van der Waals surface area contributed by atoms with Crippen molar-refractivity contribution in [1.29, 1.82) is 0 Å². The van der Waals surface area contributed by atoms with E-state index in [2.05, 4.69) is 20.3 Å². The number of hydrogen-bond donors (Lipinski definition) is 13. The number of phosphoric ester groups is 3. The van der Waals surface area contributed by atoms with Crippen LogP contribution >= 0.6 is 23.5 Å². The molecule has 0 aliphatic carbocycles. The summed E-state index contributed by atoms with van der Waals surface area (Å²) in [4.78, 5) is 53.0. The molecule has 1 amide bonds. The van der Waals surface area contributed by atoms with Crippen LogP contribution in [0, 0.1) is 5.92 Å². The van der Waals surface area contributed by atoms with Gasteiger partial charge >= 0.3 is 23.5 Å². The number of phosphoric acid groups is 3. The highest BCUT2D eigenvalue weighted by atomic mass is 31.3. The lowest BCUT2D eigenvalue weighted by Crippen LogP contribution is -3.18. The smallest absolute Gasteiger partial charge is 0.387 e. The number of amides is 1. The fourth-order valence-electron chi connectivity index (χ4n) is 6.58. The first-order chi connectivity index (χ1) is 22.4. The number of nitrogens with zero attached hydrogens (tertiary/aromatic N) is 1. The second kappa shape index (κ2) is 15.2. The van der Waals surface area contributed by atoms with Gasteiger partial charge in [-0.1, -0.05) is 0 Å². The predicted molar refractivity (Wildman–Crippen MR) is 154 cm³/mol. The topological polar surface area (TPSA) is 361 Å². The summed E-state index contributed by atoms with van der Waals surface area (Å²) in [7, 11) is -16.1. The molecule has 278 valence electrons. The molecule has 5 rings (SSSR count). The third-order valence-electron chi connectivity index (χ3n) is 8.88. The Morgan fingerprint density at radius 2 is 1.58 bits per heavy atom. The minimum absolute atomic E-state index is 0.0702. The SMILES string of the molecule is NC(=O)C1CCC[NH+](C2OC(COP(=O)(O)OP(=O)(O)OCC3OC(N4CNC5C(N)NCNC54)C(OP(=O)(O)O)C3O)C(O)C2O)C1. The Bertz CT molecular complexity index is 1300. The van der Waals surface area contributed by atoms with Crippen LogP contribution in [0.1, 0.15) is 12.8 Å². The number of primary amides is 1. The molecule has 5 saturated heterocycles. The van der Waals surface area contributed by atoms with Gasteiger partial charge in [-0.15, -0.1) is 0 Å². The van der Waals surface area contributed by atoms with Crippen LogP contribution in [0.2, 0.25) is 0 Å². The fourth-order valence-corrected chi connectivity index (χ4v) is 9.22. The fraction of sp³-hybridized carbons (Fsp3) is 0.952. The van der Waals surface area contributed by atoms with Crippen molar-refractivity contribution in [3.63, 3.8) is 0 Å². The Hall–Kier alpha value is -0.600. The third kappa shape index (κ3) is 9.06. The van der Waals surface area contributed by atoms with Crippen molar-refractivity contribution in [1.82, 2.24) is 20.9 Å². The molecule has 48 heavy (non-hydrogen) atoms. The van der Waals surface area contributed by atoms with Gasteiger partial charge in [0.15, 0.2) is 6.10 Å². The van der Waals surface area contributed by atoms with E-state index in [1.165, 1.54) is 4.90 Å². The molecule has 24 nitrogen and oxygen atoms in total. The van der Waals surface area contributed by atoms with Crippen LogP contribution < -0.4 is 32.3 Å². The number of piperidine rings is 1. The molecule has 0 bridgehead atoms. The summed E-state index contributed by atoms with van der Waals surface area (Å²) in [6, 6.07) is -0.389. The molecule has 5 fully saturated rings. The van der Waals surface area contributed by atoms with Crippen molar-refractivity contribution in [2.45, 2.75) is 80.3 Å². The number of fused-ring (bicyclic) bond motifs is 1. The molecular weight excluding hydrogens is 715 g/mol. The van der Waals surface area contributed by atoms with Gasteiger partial charge in [-0.3, -0.25) is 34.3 Å². The van der Waals surface area contributed by atoms with Gasteiger partial charge in [-0.2, -0.15) is 4.31 Å². The van der Waals surface area contributed by atoms with E-state index in [0.717, 1.165) is 0 Å². The van der Waals surface area contributed by atoms with E-state index in [-0.39, 0.29) is 25.9 Å². The first kappa shape index (κ1) is 38.6. The van der Waals surface area contributed by atoms with Crippen molar-refractivity contribution >= 4 is 29.4 Å². The third-order valence-corrected chi connectivity index (χ3v) is 12.0. The quantitative estimate of drug-likeness (QED) is 0.0776. The Morgan fingerprint density at radius 3 is 2.21 bits per heavy atom. The number of carbonyl (C=O) groups excluding carboxylic acids is 1. The summed E-state index contributed by atoms with van der Waals surface area (Å²) in [6.45, 7) is -0.801. The van der Waals surface area contributed by atoms with Crippen molar-refractivity contribution < 1.29 is 85.6 Å². The van der Waals surface area contributed by atoms with Crippen LogP contribution in [0.25, 0.3) is 0 Å². The van der Waals surface area contributed by atoms with E-state index in [1.54, 1.807) is 0 Å². The highest BCUT2D eigenvalue weighted by Gasteiger charge is 2.55. The van der Waals surface area contributed by atoms with E-state index < -0.39 is 110 Å². The first-order valence-corrected chi connectivity index (χ1v) is 19.5. The lowest BCUT2D eigenvalue weighted by molar-refractivity contribution is -0.956. The number of nitrogens with one attached hydrogen (secondary N) is 4. The van der Waals surface area contributed by atoms with Gasteiger partial charge in [0.05, 0.1) is 57.3 Å². The van der Waals surface area contributed by atoms with Crippen molar-refractivity contribution in [3.8, 4) is 0 Å². The molecule has 5 heterocycles. The summed E-state index contributed by atoms with van der Waals surface area (Å²) in [5.74, 6) is -0.984. The molecule has 0 aromatic rings. The van der Waals surface area contributed by atoms with Gasteiger partial charge in [-0.05, 0) is 12.8 Å². The largest absolute Gasteiger partial charge is 0.481 e. The van der Waals surface area contributed by atoms with Crippen molar-refractivity contribution in [3.05, 3.63) is 0 Å². The number of nitrogens with two attached hydrogens (primary N) is 2. The Balaban J connectivity index is 1.15. The number of rotatable bonds is 13. The molecule has 0 aromatic carbocycles. The van der Waals surface area contributed by atoms with Crippen LogP contribution in [0.3, 0.4) is 0 Å². The Kier molecular flexibility index (Phi) is 12.2. The van der Waals surface area contributed by atoms with Gasteiger partial charge in [0.2, 0.25) is 12.1 Å². The predicted octanol–water partition coefficient (Wildman–Crippen LogP) is -6.98. The van der Waals surface area contributed by atoms with E-state index in [1.807, 2.05) is 0 Å². The lowest BCUT2D eigenvalue weighted by Gasteiger charge is -2.39. The molecule has 5 aliphatic heterocycles. The van der Waals surface area contributed by atoms with Crippen molar-refractivity contribution in [2.24, 2.45) is 17.4 Å².